The molecule has 5 aromatic rings. The summed E-state index contributed by atoms with van der Waals surface area (Å²) < 4.78 is 12.8. The van der Waals surface area contributed by atoms with Gasteiger partial charge in [-0.1, -0.05) is 44.2 Å². The number of nitro benzene ring substituents is 1. The maximum Gasteiger partial charge on any atom is 0.282 e. The van der Waals surface area contributed by atoms with Crippen molar-refractivity contribution >= 4 is 22.8 Å². The van der Waals surface area contributed by atoms with Crippen molar-refractivity contribution in [3.05, 3.63) is 127 Å². The predicted octanol–water partition coefficient (Wildman–Crippen LogP) is 6.75. The summed E-state index contributed by atoms with van der Waals surface area (Å²) in [5.74, 6) is 1.46. The Kier molecular flexibility index (Phi) is 8.49. The van der Waals surface area contributed by atoms with Crippen LogP contribution in [0.5, 0.6) is 11.5 Å². The number of fused-ring (bicyclic) bond motifs is 1. The summed E-state index contributed by atoms with van der Waals surface area (Å²) in [6.07, 6.45) is 1.35. The summed E-state index contributed by atoms with van der Waals surface area (Å²) in [5.41, 5.74) is 3.78. The van der Waals surface area contributed by atoms with Crippen molar-refractivity contribution in [2.75, 3.05) is 7.11 Å². The number of hydrogen-bond donors (Lipinski definition) is 0. The second-order valence-electron chi connectivity index (χ2n) is 10.4. The molecule has 0 saturated carbocycles. The van der Waals surface area contributed by atoms with Crippen LogP contribution >= 0.6 is 0 Å². The van der Waals surface area contributed by atoms with Crippen LogP contribution in [-0.2, 0) is 6.61 Å². The lowest BCUT2D eigenvalue weighted by Gasteiger charge is -2.17. The lowest BCUT2D eigenvalue weighted by molar-refractivity contribution is -0.384. The minimum atomic E-state index is -0.518. The molecule has 5 rings (SSSR count). The maximum absolute atomic E-state index is 13.9. The lowest BCUT2D eigenvalue weighted by Crippen LogP contribution is -2.21. The van der Waals surface area contributed by atoms with E-state index in [-0.39, 0.29) is 29.5 Å². The van der Waals surface area contributed by atoms with Crippen LogP contribution in [0.15, 0.2) is 88.8 Å². The molecule has 44 heavy (non-hydrogen) atoms. The third-order valence-electron chi connectivity index (χ3n) is 7.23. The molecule has 1 aromatic heterocycles. The second kappa shape index (κ2) is 12.6. The van der Waals surface area contributed by atoms with Gasteiger partial charge in [-0.3, -0.25) is 14.9 Å². The molecule has 0 radical (unpaired) electrons. The van der Waals surface area contributed by atoms with E-state index in [1.54, 1.807) is 49.6 Å². The Morgan fingerprint density at radius 1 is 1.07 bits per heavy atom. The van der Waals surface area contributed by atoms with Crippen molar-refractivity contribution in [2.24, 2.45) is 5.10 Å². The molecule has 0 bridgehead atoms. The van der Waals surface area contributed by atoms with Gasteiger partial charge in [-0.25, -0.2) is 4.98 Å². The molecule has 0 unspecified atom stereocenters. The van der Waals surface area contributed by atoms with Crippen molar-refractivity contribution < 1.29 is 14.4 Å². The molecular weight excluding hydrogens is 558 g/mol. The number of nitrogens with zero attached hydrogens (tertiary/aromatic N) is 5. The highest BCUT2D eigenvalue weighted by molar-refractivity contribution is 5.85. The van der Waals surface area contributed by atoms with Gasteiger partial charge in [0.25, 0.3) is 11.2 Å². The first-order valence-electron chi connectivity index (χ1n) is 13.9. The first-order valence-corrected chi connectivity index (χ1v) is 13.9. The molecule has 0 N–H and O–H groups in total. The van der Waals surface area contributed by atoms with E-state index in [1.165, 1.54) is 29.1 Å². The van der Waals surface area contributed by atoms with Crippen LogP contribution in [0.2, 0.25) is 0 Å². The lowest BCUT2D eigenvalue weighted by atomic mass is 9.96. The molecule has 0 aliphatic rings. The van der Waals surface area contributed by atoms with Crippen molar-refractivity contribution in [2.45, 2.75) is 33.3 Å². The van der Waals surface area contributed by atoms with E-state index in [4.69, 9.17) is 14.5 Å². The van der Waals surface area contributed by atoms with Gasteiger partial charge in [-0.2, -0.15) is 15.0 Å². The quantitative estimate of drug-likeness (QED) is 0.106. The maximum atomic E-state index is 13.9. The number of benzene rings is 4. The topological polar surface area (TPSA) is 133 Å². The largest absolute Gasteiger partial charge is 0.496 e. The van der Waals surface area contributed by atoms with E-state index in [0.717, 1.165) is 16.9 Å². The number of rotatable bonds is 9. The van der Waals surface area contributed by atoms with Gasteiger partial charge in [0.2, 0.25) is 0 Å². The zero-order valence-corrected chi connectivity index (χ0v) is 24.6. The van der Waals surface area contributed by atoms with Crippen molar-refractivity contribution in [3.63, 3.8) is 0 Å². The van der Waals surface area contributed by atoms with Crippen LogP contribution in [0.25, 0.3) is 22.3 Å². The number of aryl methyl sites for hydroxylation is 1. The molecule has 0 aliphatic carbocycles. The SMILES string of the molecule is COc1cc(C)c(-c2nc3ccccc3c(=O)n2N=Cc2cc([N+](=O)[O-])ccc2OCc2ccccc2C#N)cc1C(C)C. The Labute approximate surface area is 253 Å². The summed E-state index contributed by atoms with van der Waals surface area (Å²) >= 11 is 0. The molecule has 0 saturated heterocycles. The van der Waals surface area contributed by atoms with Crippen LogP contribution in [-0.4, -0.2) is 27.9 Å². The number of hydrogen-bond acceptors (Lipinski definition) is 8. The van der Waals surface area contributed by atoms with Gasteiger partial charge in [-0.15, -0.1) is 0 Å². The fourth-order valence-corrected chi connectivity index (χ4v) is 4.88. The third kappa shape index (κ3) is 5.89. The molecule has 0 amide bonds. The van der Waals surface area contributed by atoms with Crippen molar-refractivity contribution in [3.8, 4) is 29.0 Å². The zero-order valence-electron chi connectivity index (χ0n) is 24.6. The van der Waals surface area contributed by atoms with E-state index in [1.807, 2.05) is 25.1 Å². The van der Waals surface area contributed by atoms with E-state index in [0.29, 0.717) is 33.4 Å². The minimum absolute atomic E-state index is 0.0497. The van der Waals surface area contributed by atoms with Gasteiger partial charge >= 0.3 is 0 Å². The van der Waals surface area contributed by atoms with Crippen LogP contribution in [0.1, 0.15) is 47.6 Å². The average Bonchev–Trinajstić information content (AvgIpc) is 3.03. The van der Waals surface area contributed by atoms with E-state index < -0.39 is 10.5 Å². The monoisotopic (exact) mass is 587 g/mol. The summed E-state index contributed by atoms with van der Waals surface area (Å²) in [5, 5.41) is 26.0. The number of ether oxygens (including phenoxy) is 2. The Morgan fingerprint density at radius 2 is 1.82 bits per heavy atom. The Hall–Kier alpha value is -5.82. The molecule has 0 fully saturated rings. The summed E-state index contributed by atoms with van der Waals surface area (Å²) in [4.78, 5) is 29.8. The standard InChI is InChI=1S/C34H29N5O5/c1-21(2)28-17-29(22(3)15-32(28)43-4)33-37-30-12-8-7-11-27(30)34(40)38(33)36-19-25-16-26(39(41)42)13-14-31(25)44-20-24-10-6-5-9-23(24)18-35/h5-17,19,21H,20H2,1-4H3. The van der Waals surface area contributed by atoms with Gasteiger partial charge in [-0.05, 0) is 60.4 Å². The van der Waals surface area contributed by atoms with Gasteiger partial charge in [0.05, 0.1) is 40.8 Å². The predicted molar refractivity (Wildman–Crippen MR) is 168 cm³/mol. The fourth-order valence-electron chi connectivity index (χ4n) is 4.88. The Morgan fingerprint density at radius 3 is 2.55 bits per heavy atom. The summed E-state index contributed by atoms with van der Waals surface area (Å²) in [6.45, 7) is 6.06. The molecule has 10 heteroatoms. The fraction of sp³-hybridized carbons (Fsp3) is 0.176. The number of para-hydroxylation sites is 1. The molecule has 0 spiro atoms. The summed E-state index contributed by atoms with van der Waals surface area (Å²) in [7, 11) is 1.62. The Bertz CT molecular complexity index is 2020. The van der Waals surface area contributed by atoms with Gasteiger partial charge in [0.1, 0.15) is 18.1 Å². The van der Waals surface area contributed by atoms with Gasteiger partial charge in [0, 0.05) is 28.8 Å². The number of methoxy groups -OCH3 is 1. The first-order chi connectivity index (χ1) is 21.2. The highest BCUT2D eigenvalue weighted by atomic mass is 16.6. The summed E-state index contributed by atoms with van der Waals surface area (Å²) in [6, 6.07) is 24.1. The number of nitriles is 1. The number of aromatic nitrogens is 2. The smallest absolute Gasteiger partial charge is 0.282 e. The van der Waals surface area contributed by atoms with E-state index in [9.17, 15) is 20.2 Å². The van der Waals surface area contributed by atoms with Crippen LogP contribution in [0.3, 0.4) is 0 Å². The van der Waals surface area contributed by atoms with Crippen LogP contribution in [0.4, 0.5) is 5.69 Å². The number of nitro groups is 1. The van der Waals surface area contributed by atoms with Crippen molar-refractivity contribution in [1.29, 1.82) is 5.26 Å². The van der Waals surface area contributed by atoms with Crippen LogP contribution in [0, 0.1) is 28.4 Å². The molecule has 4 aromatic carbocycles. The second-order valence-corrected chi connectivity index (χ2v) is 10.4. The molecule has 0 atom stereocenters. The van der Waals surface area contributed by atoms with Crippen LogP contribution < -0.4 is 15.0 Å². The highest BCUT2D eigenvalue weighted by Gasteiger charge is 2.19. The zero-order chi connectivity index (χ0) is 31.4. The highest BCUT2D eigenvalue weighted by Crippen LogP contribution is 2.34. The minimum Gasteiger partial charge on any atom is -0.496 e. The number of non-ortho nitro benzene ring substituents is 1. The third-order valence-corrected chi connectivity index (χ3v) is 7.23. The Balaban J connectivity index is 1.67. The molecule has 0 aliphatic heterocycles. The molecule has 10 nitrogen and oxygen atoms in total. The average molecular weight is 588 g/mol. The van der Waals surface area contributed by atoms with Gasteiger partial charge in [0.15, 0.2) is 5.82 Å². The van der Waals surface area contributed by atoms with E-state index >= 15 is 0 Å². The van der Waals surface area contributed by atoms with Crippen molar-refractivity contribution in [1.82, 2.24) is 9.66 Å². The molecule has 1 heterocycles. The normalized spacial score (nSPS) is 11.2. The van der Waals surface area contributed by atoms with E-state index in [2.05, 4.69) is 25.0 Å². The van der Waals surface area contributed by atoms with Gasteiger partial charge < -0.3 is 9.47 Å². The first kappa shape index (κ1) is 29.7. The molecular formula is C34H29N5O5. The molecule has 220 valence electrons.